The second kappa shape index (κ2) is 8.24. The van der Waals surface area contributed by atoms with Crippen molar-refractivity contribution in [2.24, 2.45) is 4.99 Å². The standard InChI is InChI=1S/C21H22N2O3S2/c1-4-12-23-18-11-8-15(5-2)13-19(18)27-21(23)22-20(24)14-16-6-9-17(10-7-16)28(3,25)26/h4,6-11,13H,1,5,12,14H2,2-3H3. The summed E-state index contributed by atoms with van der Waals surface area (Å²) in [4.78, 5) is 17.7. The molecule has 5 nitrogen and oxygen atoms in total. The summed E-state index contributed by atoms with van der Waals surface area (Å²) in [6, 6.07) is 12.6. The summed E-state index contributed by atoms with van der Waals surface area (Å²) < 4.78 is 26.2. The third kappa shape index (κ3) is 4.48. The maximum absolute atomic E-state index is 12.5. The van der Waals surface area contributed by atoms with E-state index < -0.39 is 9.84 Å². The number of hydrogen-bond donors (Lipinski definition) is 0. The number of aryl methyl sites for hydroxylation is 1. The number of rotatable bonds is 6. The minimum absolute atomic E-state index is 0.118. The quantitative estimate of drug-likeness (QED) is 0.580. The van der Waals surface area contributed by atoms with Gasteiger partial charge in [-0.2, -0.15) is 4.99 Å². The van der Waals surface area contributed by atoms with E-state index in [1.807, 2.05) is 4.57 Å². The Morgan fingerprint density at radius 3 is 2.46 bits per heavy atom. The van der Waals surface area contributed by atoms with Crippen molar-refractivity contribution in [1.82, 2.24) is 4.57 Å². The van der Waals surface area contributed by atoms with Gasteiger partial charge in [-0.1, -0.05) is 42.5 Å². The molecule has 0 fully saturated rings. The summed E-state index contributed by atoms with van der Waals surface area (Å²) in [6.45, 7) is 6.48. The lowest BCUT2D eigenvalue weighted by Crippen LogP contribution is -2.16. The van der Waals surface area contributed by atoms with E-state index in [2.05, 4.69) is 36.7 Å². The summed E-state index contributed by atoms with van der Waals surface area (Å²) in [5.41, 5.74) is 3.00. The van der Waals surface area contributed by atoms with Crippen LogP contribution in [0.5, 0.6) is 0 Å². The summed E-state index contributed by atoms with van der Waals surface area (Å²) in [7, 11) is -3.25. The molecule has 0 bridgehead atoms. The summed E-state index contributed by atoms with van der Waals surface area (Å²) in [5.74, 6) is -0.271. The summed E-state index contributed by atoms with van der Waals surface area (Å²) in [5, 5.41) is 0. The van der Waals surface area contributed by atoms with Gasteiger partial charge in [-0.15, -0.1) is 6.58 Å². The van der Waals surface area contributed by atoms with Gasteiger partial charge in [0.05, 0.1) is 21.5 Å². The fraction of sp³-hybridized carbons (Fsp3) is 0.238. The number of nitrogens with zero attached hydrogens (tertiary/aromatic N) is 2. The molecular formula is C21H22N2O3S2. The molecule has 1 amide bonds. The number of amides is 1. The average Bonchev–Trinajstić information content (AvgIpc) is 2.98. The van der Waals surface area contributed by atoms with E-state index in [9.17, 15) is 13.2 Å². The van der Waals surface area contributed by atoms with Gasteiger partial charge in [-0.3, -0.25) is 4.79 Å². The Morgan fingerprint density at radius 1 is 1.18 bits per heavy atom. The van der Waals surface area contributed by atoms with Gasteiger partial charge in [0.25, 0.3) is 5.91 Å². The van der Waals surface area contributed by atoms with Crippen LogP contribution in [0.15, 0.2) is 65.0 Å². The van der Waals surface area contributed by atoms with Crippen molar-refractivity contribution in [3.8, 4) is 0 Å². The van der Waals surface area contributed by atoms with Crippen LogP contribution in [-0.2, 0) is 34.0 Å². The Bertz CT molecular complexity index is 1200. The van der Waals surface area contributed by atoms with Gasteiger partial charge >= 0.3 is 0 Å². The average molecular weight is 415 g/mol. The number of allylic oxidation sites excluding steroid dienone is 1. The molecule has 0 N–H and O–H groups in total. The lowest BCUT2D eigenvalue weighted by molar-refractivity contribution is -0.117. The lowest BCUT2D eigenvalue weighted by Gasteiger charge is -2.02. The second-order valence-corrected chi connectivity index (χ2v) is 9.56. The van der Waals surface area contributed by atoms with Crippen molar-refractivity contribution in [1.29, 1.82) is 0 Å². The molecule has 0 unspecified atom stereocenters. The minimum atomic E-state index is -3.25. The van der Waals surface area contributed by atoms with Crippen LogP contribution in [0.2, 0.25) is 0 Å². The maximum atomic E-state index is 12.5. The zero-order valence-corrected chi connectivity index (χ0v) is 17.5. The van der Waals surface area contributed by atoms with Crippen LogP contribution in [0.4, 0.5) is 0 Å². The van der Waals surface area contributed by atoms with E-state index >= 15 is 0 Å². The van der Waals surface area contributed by atoms with Crippen LogP contribution in [0.1, 0.15) is 18.1 Å². The lowest BCUT2D eigenvalue weighted by atomic mass is 10.1. The Hall–Kier alpha value is -2.51. The molecule has 1 aromatic heterocycles. The molecule has 3 rings (SSSR count). The van der Waals surface area contributed by atoms with Gasteiger partial charge in [0.15, 0.2) is 14.6 Å². The molecule has 0 aliphatic heterocycles. The van der Waals surface area contributed by atoms with E-state index in [-0.39, 0.29) is 17.2 Å². The smallest absolute Gasteiger partial charge is 0.252 e. The first-order valence-electron chi connectivity index (χ1n) is 8.91. The Kier molecular flexibility index (Phi) is 5.96. The van der Waals surface area contributed by atoms with E-state index in [4.69, 9.17) is 0 Å². The molecule has 0 saturated heterocycles. The number of hydrogen-bond acceptors (Lipinski definition) is 4. The van der Waals surface area contributed by atoms with Crippen LogP contribution >= 0.6 is 11.3 Å². The molecule has 0 radical (unpaired) electrons. The fourth-order valence-corrected chi connectivity index (χ4v) is 4.65. The van der Waals surface area contributed by atoms with Crippen LogP contribution in [-0.4, -0.2) is 25.1 Å². The molecule has 1 heterocycles. The molecule has 28 heavy (non-hydrogen) atoms. The molecule has 7 heteroatoms. The van der Waals surface area contributed by atoms with Gasteiger partial charge in [0.1, 0.15) is 0 Å². The zero-order valence-electron chi connectivity index (χ0n) is 15.9. The largest absolute Gasteiger partial charge is 0.313 e. The normalized spacial score (nSPS) is 12.4. The second-order valence-electron chi connectivity index (χ2n) is 6.54. The topological polar surface area (TPSA) is 68.5 Å². The van der Waals surface area contributed by atoms with E-state index in [1.54, 1.807) is 18.2 Å². The highest BCUT2D eigenvalue weighted by Crippen LogP contribution is 2.20. The molecule has 0 aliphatic rings. The SMILES string of the molecule is C=CCn1c(=NC(=O)Cc2ccc(S(C)(=O)=O)cc2)sc2cc(CC)ccc21. The maximum Gasteiger partial charge on any atom is 0.252 e. The van der Waals surface area contributed by atoms with Crippen LogP contribution in [0, 0.1) is 0 Å². The van der Waals surface area contributed by atoms with Gasteiger partial charge in [0.2, 0.25) is 0 Å². The van der Waals surface area contributed by atoms with Gasteiger partial charge < -0.3 is 4.57 Å². The summed E-state index contributed by atoms with van der Waals surface area (Å²) >= 11 is 1.49. The van der Waals surface area contributed by atoms with Gasteiger partial charge in [-0.05, 0) is 41.8 Å². The molecule has 0 saturated carbocycles. The van der Waals surface area contributed by atoms with E-state index in [1.165, 1.54) is 29.0 Å². The zero-order chi connectivity index (χ0) is 20.3. The number of thiazole rings is 1. The first-order valence-corrected chi connectivity index (χ1v) is 11.6. The van der Waals surface area contributed by atoms with Crippen molar-refractivity contribution in [2.75, 3.05) is 6.26 Å². The van der Waals surface area contributed by atoms with Gasteiger partial charge in [-0.25, -0.2) is 8.42 Å². The first-order chi connectivity index (χ1) is 13.3. The predicted molar refractivity (Wildman–Crippen MR) is 113 cm³/mol. The highest BCUT2D eigenvalue weighted by atomic mass is 32.2. The summed E-state index contributed by atoms with van der Waals surface area (Å²) in [6.07, 6.45) is 4.01. The van der Waals surface area contributed by atoms with Crippen molar-refractivity contribution in [2.45, 2.75) is 31.2 Å². The minimum Gasteiger partial charge on any atom is -0.313 e. The molecule has 0 aliphatic carbocycles. The Balaban J connectivity index is 1.93. The predicted octanol–water partition coefficient (Wildman–Crippen LogP) is 3.52. The number of fused-ring (bicyclic) bond motifs is 1. The van der Waals surface area contributed by atoms with Gasteiger partial charge in [0, 0.05) is 12.8 Å². The fourth-order valence-electron chi connectivity index (χ4n) is 2.90. The van der Waals surface area contributed by atoms with E-state index in [0.717, 1.165) is 28.5 Å². The Morgan fingerprint density at radius 2 is 1.86 bits per heavy atom. The molecule has 146 valence electrons. The molecule has 3 aromatic rings. The van der Waals surface area contributed by atoms with Crippen LogP contribution in [0.25, 0.3) is 10.2 Å². The van der Waals surface area contributed by atoms with Crippen molar-refractivity contribution in [3.05, 3.63) is 71.0 Å². The molecular weight excluding hydrogens is 392 g/mol. The van der Waals surface area contributed by atoms with Crippen molar-refractivity contribution < 1.29 is 13.2 Å². The van der Waals surface area contributed by atoms with Crippen LogP contribution in [0.3, 0.4) is 0 Å². The highest BCUT2D eigenvalue weighted by Gasteiger charge is 2.10. The number of aromatic nitrogens is 1. The van der Waals surface area contributed by atoms with E-state index in [0.29, 0.717) is 11.3 Å². The molecule has 2 aromatic carbocycles. The Labute approximate surface area is 168 Å². The first kappa shape index (κ1) is 20.2. The third-order valence-corrected chi connectivity index (χ3v) is 6.56. The molecule has 0 spiro atoms. The monoisotopic (exact) mass is 414 g/mol. The number of carbonyl (C=O) groups is 1. The third-order valence-electron chi connectivity index (χ3n) is 4.39. The number of carbonyl (C=O) groups excluding carboxylic acids is 1. The number of sulfone groups is 1. The van der Waals surface area contributed by atoms with Crippen molar-refractivity contribution in [3.63, 3.8) is 0 Å². The molecule has 0 atom stereocenters. The van der Waals surface area contributed by atoms with Crippen molar-refractivity contribution >= 4 is 37.3 Å². The highest BCUT2D eigenvalue weighted by molar-refractivity contribution is 7.90. The number of benzene rings is 2. The van der Waals surface area contributed by atoms with Crippen LogP contribution < -0.4 is 4.80 Å².